The number of nitrogens with one attached hydrogen (secondary N) is 2. The molecule has 0 aliphatic heterocycles. The summed E-state index contributed by atoms with van der Waals surface area (Å²) in [6.45, 7) is 5.32. The molecule has 1 rings (SSSR count). The summed E-state index contributed by atoms with van der Waals surface area (Å²) < 4.78 is 4.92. The van der Waals surface area contributed by atoms with E-state index in [1.807, 2.05) is 6.92 Å². The Morgan fingerprint density at radius 1 is 1.53 bits per heavy atom. The van der Waals surface area contributed by atoms with Crippen molar-refractivity contribution < 1.29 is 9.53 Å². The van der Waals surface area contributed by atoms with Gasteiger partial charge >= 0.3 is 0 Å². The van der Waals surface area contributed by atoms with Gasteiger partial charge in [0.2, 0.25) is 5.95 Å². The second kappa shape index (κ2) is 8.42. The third-order valence-electron chi connectivity index (χ3n) is 2.69. The molecule has 0 bridgehead atoms. The summed E-state index contributed by atoms with van der Waals surface area (Å²) in [6, 6.07) is 1.88. The predicted octanol–water partition coefficient (Wildman–Crippen LogP) is 1.45. The minimum absolute atomic E-state index is 0.189. The molecule has 0 radical (unpaired) electrons. The highest BCUT2D eigenvalue weighted by atomic mass is 16.5. The van der Waals surface area contributed by atoms with Crippen molar-refractivity contribution in [1.82, 2.24) is 15.3 Å². The molecule has 1 atom stereocenters. The molecule has 0 saturated carbocycles. The van der Waals surface area contributed by atoms with Crippen molar-refractivity contribution in [1.29, 1.82) is 0 Å². The van der Waals surface area contributed by atoms with Crippen LogP contribution in [-0.2, 0) is 4.74 Å². The zero-order chi connectivity index (χ0) is 14.1. The summed E-state index contributed by atoms with van der Waals surface area (Å²) in [5.41, 5.74) is 0.373. The van der Waals surface area contributed by atoms with Crippen LogP contribution in [0.5, 0.6) is 0 Å². The number of carbonyl (C=O) groups is 1. The topological polar surface area (TPSA) is 76.1 Å². The lowest BCUT2D eigenvalue weighted by atomic mass is 10.3. The maximum atomic E-state index is 11.8. The highest BCUT2D eigenvalue weighted by Gasteiger charge is 2.09. The van der Waals surface area contributed by atoms with E-state index in [9.17, 15) is 4.79 Å². The zero-order valence-corrected chi connectivity index (χ0v) is 11.8. The van der Waals surface area contributed by atoms with Gasteiger partial charge in [-0.05, 0) is 25.8 Å². The molecule has 2 N–H and O–H groups in total. The lowest BCUT2D eigenvalue weighted by molar-refractivity contribution is 0.0943. The summed E-state index contributed by atoms with van der Waals surface area (Å²) in [5.74, 6) is 0.296. The van der Waals surface area contributed by atoms with E-state index in [1.165, 1.54) is 0 Å². The van der Waals surface area contributed by atoms with Crippen LogP contribution in [0.15, 0.2) is 12.3 Å². The quantitative estimate of drug-likeness (QED) is 0.697. The zero-order valence-electron chi connectivity index (χ0n) is 11.8. The molecular weight excluding hydrogens is 244 g/mol. The van der Waals surface area contributed by atoms with E-state index < -0.39 is 0 Å². The summed E-state index contributed by atoms with van der Waals surface area (Å²) in [6.07, 6.45) is 3.34. The van der Waals surface area contributed by atoms with Gasteiger partial charge in [0.15, 0.2) is 0 Å². The first kappa shape index (κ1) is 15.4. The standard InChI is InChI=1S/C13H22N4O2/c1-4-10(2)16-13-15-8-6-11(17-13)12(18)14-7-5-9-19-3/h6,8,10H,4-5,7,9H2,1-3H3,(H,14,18)(H,15,16,17). The Hall–Kier alpha value is -1.69. The Bertz CT molecular complexity index is 398. The van der Waals surface area contributed by atoms with Gasteiger partial charge < -0.3 is 15.4 Å². The molecule has 1 amide bonds. The summed E-state index contributed by atoms with van der Waals surface area (Å²) >= 11 is 0. The van der Waals surface area contributed by atoms with E-state index in [0.29, 0.717) is 24.8 Å². The van der Waals surface area contributed by atoms with Gasteiger partial charge in [0.1, 0.15) is 5.69 Å². The average molecular weight is 266 g/mol. The van der Waals surface area contributed by atoms with Gasteiger partial charge in [-0.2, -0.15) is 0 Å². The van der Waals surface area contributed by atoms with Crippen molar-refractivity contribution in [2.45, 2.75) is 32.7 Å². The van der Waals surface area contributed by atoms with Gasteiger partial charge in [0.05, 0.1) is 0 Å². The van der Waals surface area contributed by atoms with Crippen molar-refractivity contribution in [3.8, 4) is 0 Å². The van der Waals surface area contributed by atoms with Crippen molar-refractivity contribution in [3.05, 3.63) is 18.0 Å². The van der Waals surface area contributed by atoms with Gasteiger partial charge in [-0.25, -0.2) is 9.97 Å². The number of hydrogen-bond donors (Lipinski definition) is 2. The van der Waals surface area contributed by atoms with Crippen molar-refractivity contribution >= 4 is 11.9 Å². The molecule has 1 heterocycles. The molecule has 0 fully saturated rings. The van der Waals surface area contributed by atoms with Crippen LogP contribution in [0.2, 0.25) is 0 Å². The highest BCUT2D eigenvalue weighted by molar-refractivity contribution is 5.92. The van der Waals surface area contributed by atoms with Gasteiger partial charge in [-0.15, -0.1) is 0 Å². The van der Waals surface area contributed by atoms with Crippen LogP contribution in [-0.4, -0.2) is 42.2 Å². The molecule has 1 aromatic rings. The molecule has 6 heteroatoms. The minimum atomic E-state index is -0.189. The van der Waals surface area contributed by atoms with Gasteiger partial charge in [0, 0.05) is 32.5 Å². The number of nitrogens with zero attached hydrogens (tertiary/aromatic N) is 2. The molecule has 0 aliphatic rings. The first-order valence-corrected chi connectivity index (χ1v) is 6.54. The maximum Gasteiger partial charge on any atom is 0.270 e. The molecule has 1 aromatic heterocycles. The number of carbonyl (C=O) groups excluding carboxylic acids is 1. The number of amides is 1. The number of hydrogen-bond acceptors (Lipinski definition) is 5. The van der Waals surface area contributed by atoms with Crippen LogP contribution in [0.25, 0.3) is 0 Å². The fraction of sp³-hybridized carbons (Fsp3) is 0.615. The Morgan fingerprint density at radius 3 is 3.00 bits per heavy atom. The number of aromatic nitrogens is 2. The average Bonchev–Trinajstić information content (AvgIpc) is 2.43. The maximum absolute atomic E-state index is 11.8. The predicted molar refractivity (Wildman–Crippen MR) is 74.2 cm³/mol. The van der Waals surface area contributed by atoms with Gasteiger partial charge in [-0.1, -0.05) is 6.92 Å². The Morgan fingerprint density at radius 2 is 2.32 bits per heavy atom. The third kappa shape index (κ3) is 5.65. The molecule has 0 aromatic carbocycles. The SMILES string of the molecule is CCC(C)Nc1nccc(C(=O)NCCCOC)n1. The van der Waals surface area contributed by atoms with Crippen LogP contribution < -0.4 is 10.6 Å². The number of methoxy groups -OCH3 is 1. The fourth-order valence-electron chi connectivity index (χ4n) is 1.39. The first-order valence-electron chi connectivity index (χ1n) is 6.54. The highest BCUT2D eigenvalue weighted by Crippen LogP contribution is 2.04. The molecule has 19 heavy (non-hydrogen) atoms. The van der Waals surface area contributed by atoms with E-state index in [4.69, 9.17) is 4.74 Å². The largest absolute Gasteiger partial charge is 0.385 e. The minimum Gasteiger partial charge on any atom is -0.385 e. The van der Waals surface area contributed by atoms with Gasteiger partial charge in [-0.3, -0.25) is 4.79 Å². The monoisotopic (exact) mass is 266 g/mol. The van der Waals surface area contributed by atoms with Crippen LogP contribution in [0.3, 0.4) is 0 Å². The van der Waals surface area contributed by atoms with E-state index in [-0.39, 0.29) is 11.9 Å². The summed E-state index contributed by atoms with van der Waals surface area (Å²) in [5, 5.41) is 5.93. The molecular formula is C13H22N4O2. The summed E-state index contributed by atoms with van der Waals surface area (Å²) in [7, 11) is 1.64. The molecule has 0 saturated heterocycles. The lowest BCUT2D eigenvalue weighted by Gasteiger charge is -2.11. The second-order valence-corrected chi connectivity index (χ2v) is 4.32. The Kier molecular flexibility index (Phi) is 6.81. The fourth-order valence-corrected chi connectivity index (χ4v) is 1.39. The molecule has 6 nitrogen and oxygen atoms in total. The van der Waals surface area contributed by atoms with Crippen LogP contribution in [0, 0.1) is 0 Å². The molecule has 0 spiro atoms. The lowest BCUT2D eigenvalue weighted by Crippen LogP contribution is -2.26. The number of ether oxygens (including phenoxy) is 1. The van der Waals surface area contributed by atoms with Crippen molar-refractivity contribution in [2.75, 3.05) is 25.6 Å². The Labute approximate surface area is 114 Å². The van der Waals surface area contributed by atoms with E-state index >= 15 is 0 Å². The first-order chi connectivity index (χ1) is 9.17. The van der Waals surface area contributed by atoms with Crippen LogP contribution >= 0.6 is 0 Å². The van der Waals surface area contributed by atoms with Crippen molar-refractivity contribution in [2.24, 2.45) is 0 Å². The number of anilines is 1. The smallest absolute Gasteiger partial charge is 0.270 e. The molecule has 1 unspecified atom stereocenters. The van der Waals surface area contributed by atoms with Crippen LogP contribution in [0.1, 0.15) is 37.2 Å². The van der Waals surface area contributed by atoms with E-state index in [2.05, 4.69) is 27.5 Å². The van der Waals surface area contributed by atoms with E-state index in [1.54, 1.807) is 19.4 Å². The van der Waals surface area contributed by atoms with Crippen LogP contribution in [0.4, 0.5) is 5.95 Å². The van der Waals surface area contributed by atoms with E-state index in [0.717, 1.165) is 12.8 Å². The number of rotatable bonds is 8. The van der Waals surface area contributed by atoms with Gasteiger partial charge in [0.25, 0.3) is 5.91 Å². The van der Waals surface area contributed by atoms with Crippen molar-refractivity contribution in [3.63, 3.8) is 0 Å². The second-order valence-electron chi connectivity index (χ2n) is 4.32. The molecule has 106 valence electrons. The molecule has 0 aliphatic carbocycles. The normalized spacial score (nSPS) is 11.9. The third-order valence-corrected chi connectivity index (χ3v) is 2.69. The Balaban J connectivity index is 2.52. The summed E-state index contributed by atoms with van der Waals surface area (Å²) in [4.78, 5) is 20.1.